The molecule has 0 atom stereocenters. The van der Waals surface area contributed by atoms with E-state index in [0.717, 1.165) is 22.6 Å². The van der Waals surface area contributed by atoms with Gasteiger partial charge in [0, 0.05) is 29.2 Å². The lowest BCUT2D eigenvalue weighted by molar-refractivity contribution is 0.0696. The number of rotatable bonds is 6. The third-order valence-corrected chi connectivity index (χ3v) is 4.01. The second kappa shape index (κ2) is 8.30. The highest BCUT2D eigenvalue weighted by molar-refractivity contribution is 5.94. The van der Waals surface area contributed by atoms with Gasteiger partial charge in [0.1, 0.15) is 0 Å². The van der Waals surface area contributed by atoms with Crippen molar-refractivity contribution in [1.29, 1.82) is 0 Å². The minimum atomic E-state index is -0.996. The van der Waals surface area contributed by atoms with Crippen molar-refractivity contribution in [2.75, 3.05) is 5.32 Å². The summed E-state index contributed by atoms with van der Waals surface area (Å²) in [7, 11) is 0. The van der Waals surface area contributed by atoms with Crippen molar-refractivity contribution in [1.82, 2.24) is 15.3 Å². The highest BCUT2D eigenvalue weighted by Crippen LogP contribution is 2.15. The lowest BCUT2D eigenvalue weighted by Gasteiger charge is -2.09. The second-order valence-electron chi connectivity index (χ2n) is 6.36. The first-order chi connectivity index (χ1) is 13.4. The Morgan fingerprint density at radius 1 is 0.929 bits per heavy atom. The maximum atomic E-state index is 12.3. The minimum Gasteiger partial charge on any atom is -0.478 e. The SMILES string of the molecule is Cc1cc(C)nc(Nc2ccc(C(=O)NCc3cccc(C(=O)O)c3)cc2)n1. The van der Waals surface area contributed by atoms with E-state index < -0.39 is 5.97 Å². The van der Waals surface area contributed by atoms with E-state index in [1.165, 1.54) is 6.07 Å². The molecular formula is C21H20N4O3. The Balaban J connectivity index is 1.62. The molecule has 0 aliphatic heterocycles. The molecular weight excluding hydrogens is 356 g/mol. The third kappa shape index (κ3) is 4.91. The monoisotopic (exact) mass is 376 g/mol. The van der Waals surface area contributed by atoms with Crippen molar-refractivity contribution in [3.8, 4) is 0 Å². The summed E-state index contributed by atoms with van der Waals surface area (Å²) in [6, 6.07) is 15.3. The zero-order chi connectivity index (χ0) is 20.1. The van der Waals surface area contributed by atoms with Crippen LogP contribution in [0.4, 0.5) is 11.6 Å². The van der Waals surface area contributed by atoms with Gasteiger partial charge in [0.05, 0.1) is 5.56 Å². The lowest BCUT2D eigenvalue weighted by atomic mass is 10.1. The quantitative estimate of drug-likeness (QED) is 0.609. The molecule has 3 aromatic rings. The van der Waals surface area contributed by atoms with E-state index in [4.69, 9.17) is 5.11 Å². The van der Waals surface area contributed by atoms with E-state index in [1.54, 1.807) is 42.5 Å². The summed E-state index contributed by atoms with van der Waals surface area (Å²) < 4.78 is 0. The van der Waals surface area contributed by atoms with Crippen molar-refractivity contribution < 1.29 is 14.7 Å². The Bertz CT molecular complexity index is 996. The summed E-state index contributed by atoms with van der Waals surface area (Å²) in [5.41, 5.74) is 3.93. The number of amides is 1. The topological polar surface area (TPSA) is 104 Å². The van der Waals surface area contributed by atoms with Crippen LogP contribution in [0.25, 0.3) is 0 Å². The van der Waals surface area contributed by atoms with E-state index >= 15 is 0 Å². The molecule has 0 radical (unpaired) electrons. The molecule has 0 fully saturated rings. The maximum absolute atomic E-state index is 12.3. The Morgan fingerprint density at radius 3 is 2.25 bits per heavy atom. The molecule has 2 aromatic carbocycles. The summed E-state index contributed by atoms with van der Waals surface area (Å²) in [6.07, 6.45) is 0. The van der Waals surface area contributed by atoms with Crippen LogP contribution in [-0.2, 0) is 6.54 Å². The summed E-state index contributed by atoms with van der Waals surface area (Å²) in [5.74, 6) is -0.730. The molecule has 3 rings (SSSR count). The molecule has 0 aliphatic carbocycles. The molecule has 1 amide bonds. The highest BCUT2D eigenvalue weighted by atomic mass is 16.4. The van der Waals surface area contributed by atoms with Gasteiger partial charge < -0.3 is 15.7 Å². The predicted molar refractivity (Wildman–Crippen MR) is 106 cm³/mol. The number of anilines is 2. The summed E-state index contributed by atoms with van der Waals surface area (Å²) >= 11 is 0. The molecule has 0 aliphatic rings. The summed E-state index contributed by atoms with van der Waals surface area (Å²) in [4.78, 5) is 32.0. The molecule has 0 spiro atoms. The fourth-order valence-electron chi connectivity index (χ4n) is 2.71. The van der Waals surface area contributed by atoms with Gasteiger partial charge in [-0.2, -0.15) is 0 Å². The van der Waals surface area contributed by atoms with Gasteiger partial charge in [-0.05, 0) is 61.9 Å². The average Bonchev–Trinajstić information content (AvgIpc) is 2.66. The Kier molecular flexibility index (Phi) is 5.64. The van der Waals surface area contributed by atoms with Crippen LogP contribution in [0.2, 0.25) is 0 Å². The average molecular weight is 376 g/mol. The van der Waals surface area contributed by atoms with Crippen LogP contribution < -0.4 is 10.6 Å². The number of carboxylic acid groups (broad SMARTS) is 1. The van der Waals surface area contributed by atoms with Crippen LogP contribution in [-0.4, -0.2) is 27.0 Å². The number of nitrogens with one attached hydrogen (secondary N) is 2. The predicted octanol–water partition coefficient (Wildman–Crippen LogP) is 3.47. The number of carboxylic acids is 1. The Labute approximate surface area is 162 Å². The standard InChI is InChI=1S/C21H20N4O3/c1-13-10-14(2)24-21(23-13)25-18-8-6-16(7-9-18)19(26)22-12-15-4-3-5-17(11-15)20(27)28/h3-11H,12H2,1-2H3,(H,22,26)(H,27,28)(H,23,24,25). The fraction of sp³-hybridized carbons (Fsp3) is 0.143. The Morgan fingerprint density at radius 2 is 1.61 bits per heavy atom. The van der Waals surface area contributed by atoms with Gasteiger partial charge in [-0.3, -0.25) is 4.79 Å². The number of aryl methyl sites for hydroxylation is 2. The smallest absolute Gasteiger partial charge is 0.335 e. The number of nitrogens with zero attached hydrogens (tertiary/aromatic N) is 2. The maximum Gasteiger partial charge on any atom is 0.335 e. The molecule has 3 N–H and O–H groups in total. The molecule has 1 aromatic heterocycles. The van der Waals surface area contributed by atoms with Crippen LogP contribution >= 0.6 is 0 Å². The van der Waals surface area contributed by atoms with Crippen LogP contribution in [0.15, 0.2) is 54.6 Å². The first kappa shape index (κ1) is 19.0. The minimum absolute atomic E-state index is 0.191. The van der Waals surface area contributed by atoms with E-state index in [-0.39, 0.29) is 18.0 Å². The first-order valence-electron chi connectivity index (χ1n) is 8.70. The van der Waals surface area contributed by atoms with Gasteiger partial charge in [-0.1, -0.05) is 12.1 Å². The molecule has 1 heterocycles. The number of hydrogen-bond donors (Lipinski definition) is 3. The number of hydrogen-bond acceptors (Lipinski definition) is 5. The van der Waals surface area contributed by atoms with E-state index in [0.29, 0.717) is 11.5 Å². The van der Waals surface area contributed by atoms with Crippen molar-refractivity contribution in [3.05, 3.63) is 82.7 Å². The van der Waals surface area contributed by atoms with Gasteiger partial charge in [-0.15, -0.1) is 0 Å². The third-order valence-electron chi connectivity index (χ3n) is 4.01. The highest BCUT2D eigenvalue weighted by Gasteiger charge is 2.08. The number of benzene rings is 2. The molecule has 0 unspecified atom stereocenters. The first-order valence-corrected chi connectivity index (χ1v) is 8.70. The molecule has 0 saturated heterocycles. The normalized spacial score (nSPS) is 10.4. The van der Waals surface area contributed by atoms with Crippen LogP contribution in [0, 0.1) is 13.8 Å². The van der Waals surface area contributed by atoms with Crippen molar-refractivity contribution in [3.63, 3.8) is 0 Å². The molecule has 7 heteroatoms. The van der Waals surface area contributed by atoms with Crippen LogP contribution in [0.3, 0.4) is 0 Å². The zero-order valence-corrected chi connectivity index (χ0v) is 15.6. The van der Waals surface area contributed by atoms with Crippen molar-refractivity contribution in [2.24, 2.45) is 0 Å². The van der Waals surface area contributed by atoms with Crippen molar-refractivity contribution in [2.45, 2.75) is 20.4 Å². The number of carbonyl (C=O) groups is 2. The van der Waals surface area contributed by atoms with Gasteiger partial charge in [0.2, 0.25) is 5.95 Å². The molecule has 28 heavy (non-hydrogen) atoms. The van der Waals surface area contributed by atoms with Gasteiger partial charge in [-0.25, -0.2) is 14.8 Å². The largest absolute Gasteiger partial charge is 0.478 e. The van der Waals surface area contributed by atoms with E-state index in [2.05, 4.69) is 20.6 Å². The van der Waals surface area contributed by atoms with Crippen molar-refractivity contribution >= 4 is 23.5 Å². The van der Waals surface area contributed by atoms with Gasteiger partial charge >= 0.3 is 5.97 Å². The number of aromatic nitrogens is 2. The van der Waals surface area contributed by atoms with E-state index in [1.807, 2.05) is 19.9 Å². The van der Waals surface area contributed by atoms with Crippen LogP contribution in [0.5, 0.6) is 0 Å². The number of carbonyl (C=O) groups excluding carboxylic acids is 1. The Hall–Kier alpha value is -3.74. The van der Waals surface area contributed by atoms with Gasteiger partial charge in [0.15, 0.2) is 0 Å². The molecule has 0 bridgehead atoms. The molecule has 142 valence electrons. The summed E-state index contributed by atoms with van der Waals surface area (Å²) in [5, 5.41) is 14.9. The molecule has 0 saturated carbocycles. The fourth-order valence-corrected chi connectivity index (χ4v) is 2.71. The second-order valence-corrected chi connectivity index (χ2v) is 6.36. The van der Waals surface area contributed by atoms with Crippen LogP contribution in [0.1, 0.15) is 37.7 Å². The van der Waals surface area contributed by atoms with Gasteiger partial charge in [0.25, 0.3) is 5.91 Å². The number of aromatic carboxylic acids is 1. The van der Waals surface area contributed by atoms with E-state index in [9.17, 15) is 9.59 Å². The molecule has 7 nitrogen and oxygen atoms in total. The zero-order valence-electron chi connectivity index (χ0n) is 15.6. The summed E-state index contributed by atoms with van der Waals surface area (Å²) in [6.45, 7) is 4.05. The lowest BCUT2D eigenvalue weighted by Crippen LogP contribution is -2.22.